The Morgan fingerprint density at radius 3 is 2.48 bits per heavy atom. The van der Waals surface area contributed by atoms with Crippen molar-refractivity contribution >= 4 is 22.7 Å². The second kappa shape index (κ2) is 6.48. The summed E-state index contributed by atoms with van der Waals surface area (Å²) in [5, 5.41) is 4.22. The highest BCUT2D eigenvalue weighted by atomic mass is 16.5. The van der Waals surface area contributed by atoms with Crippen molar-refractivity contribution in [2.45, 2.75) is 38.6 Å². The number of ether oxygens (including phenoxy) is 2. The normalized spacial score (nSPS) is 21.2. The Hall–Kier alpha value is -2.24. The maximum Gasteiger partial charge on any atom is 0.225 e. The van der Waals surface area contributed by atoms with Crippen LogP contribution in [0.3, 0.4) is 0 Å². The lowest BCUT2D eigenvalue weighted by Crippen LogP contribution is -2.31. The molecule has 1 heterocycles. The smallest absolute Gasteiger partial charge is 0.225 e. The minimum absolute atomic E-state index is 0.403. The van der Waals surface area contributed by atoms with Gasteiger partial charge >= 0.3 is 0 Å². The van der Waals surface area contributed by atoms with E-state index in [1.165, 1.54) is 19.3 Å². The molecule has 0 spiro atoms. The second-order valence-electron chi connectivity index (χ2n) is 6.17. The minimum atomic E-state index is 0.403. The van der Waals surface area contributed by atoms with Gasteiger partial charge in [0.15, 0.2) is 11.5 Å². The summed E-state index contributed by atoms with van der Waals surface area (Å²) in [5.41, 5.74) is 6.88. The Balaban J connectivity index is 1.96. The molecule has 1 saturated carbocycles. The Morgan fingerprint density at radius 2 is 1.78 bits per heavy atom. The molecule has 1 aliphatic rings. The molecule has 1 aromatic heterocycles. The van der Waals surface area contributed by atoms with Gasteiger partial charge < -0.3 is 20.5 Å². The Labute approximate surface area is 136 Å². The number of hydrogen-bond donors (Lipinski definition) is 2. The molecule has 0 bridgehead atoms. The second-order valence-corrected chi connectivity index (χ2v) is 6.17. The molecule has 0 radical (unpaired) electrons. The van der Waals surface area contributed by atoms with Crippen LogP contribution < -0.4 is 20.5 Å². The van der Waals surface area contributed by atoms with Gasteiger partial charge in [0.25, 0.3) is 0 Å². The van der Waals surface area contributed by atoms with Gasteiger partial charge in [0.2, 0.25) is 5.95 Å². The van der Waals surface area contributed by atoms with Gasteiger partial charge in [-0.15, -0.1) is 0 Å². The van der Waals surface area contributed by atoms with Gasteiger partial charge in [-0.05, 0) is 24.8 Å². The first kappa shape index (κ1) is 15.6. The molecule has 0 aliphatic heterocycles. The van der Waals surface area contributed by atoms with Gasteiger partial charge in [-0.2, -0.15) is 4.98 Å². The summed E-state index contributed by atoms with van der Waals surface area (Å²) in [6, 6.07) is 4.05. The molecule has 23 heavy (non-hydrogen) atoms. The van der Waals surface area contributed by atoms with Crippen LogP contribution in [0.4, 0.5) is 11.8 Å². The summed E-state index contributed by atoms with van der Waals surface area (Å²) in [6.07, 6.45) is 4.94. The van der Waals surface area contributed by atoms with Gasteiger partial charge in [0.1, 0.15) is 5.82 Å². The van der Waals surface area contributed by atoms with Crippen molar-refractivity contribution in [2.24, 2.45) is 5.92 Å². The number of nitrogens with one attached hydrogen (secondary N) is 1. The summed E-state index contributed by atoms with van der Waals surface area (Å²) < 4.78 is 10.7. The molecular weight excluding hydrogens is 292 g/mol. The zero-order valence-electron chi connectivity index (χ0n) is 13.9. The maximum absolute atomic E-state index is 6.12. The van der Waals surface area contributed by atoms with E-state index in [2.05, 4.69) is 22.2 Å². The van der Waals surface area contributed by atoms with Gasteiger partial charge in [-0.3, -0.25) is 0 Å². The van der Waals surface area contributed by atoms with E-state index in [4.69, 9.17) is 15.2 Å². The predicted octanol–water partition coefficient (Wildman–Crippen LogP) is 3.22. The number of fused-ring (bicyclic) bond motifs is 1. The molecule has 0 saturated heterocycles. The Morgan fingerprint density at radius 1 is 1.09 bits per heavy atom. The molecule has 6 heteroatoms. The zero-order chi connectivity index (χ0) is 16.4. The van der Waals surface area contributed by atoms with Crippen molar-refractivity contribution in [3.05, 3.63) is 12.1 Å². The molecule has 0 amide bonds. The number of nitrogen functional groups attached to an aromatic ring is 1. The molecular formula is C17H24N4O2. The van der Waals surface area contributed by atoms with Gasteiger partial charge in [0, 0.05) is 17.5 Å². The van der Waals surface area contributed by atoms with Crippen molar-refractivity contribution in [2.75, 3.05) is 25.3 Å². The summed E-state index contributed by atoms with van der Waals surface area (Å²) in [4.78, 5) is 9.03. The fourth-order valence-electron chi connectivity index (χ4n) is 3.24. The number of methoxy groups -OCH3 is 2. The summed E-state index contributed by atoms with van der Waals surface area (Å²) >= 11 is 0. The van der Waals surface area contributed by atoms with E-state index in [9.17, 15) is 0 Å². The zero-order valence-corrected chi connectivity index (χ0v) is 13.9. The molecule has 1 aromatic carbocycles. The third-order valence-electron chi connectivity index (χ3n) is 4.66. The molecule has 2 unspecified atom stereocenters. The lowest BCUT2D eigenvalue weighted by molar-refractivity contribution is 0.348. The Bertz CT molecular complexity index is 705. The van der Waals surface area contributed by atoms with Crippen LogP contribution in [0.15, 0.2) is 12.1 Å². The first-order valence-electron chi connectivity index (χ1n) is 8.08. The topological polar surface area (TPSA) is 82.3 Å². The van der Waals surface area contributed by atoms with Gasteiger partial charge in [-0.25, -0.2) is 4.98 Å². The van der Waals surface area contributed by atoms with Crippen LogP contribution in [0.25, 0.3) is 10.9 Å². The van der Waals surface area contributed by atoms with Crippen molar-refractivity contribution in [1.82, 2.24) is 9.97 Å². The van der Waals surface area contributed by atoms with Crippen LogP contribution in [0, 0.1) is 5.92 Å². The molecule has 3 rings (SSSR count). The monoisotopic (exact) mass is 316 g/mol. The fourth-order valence-corrected chi connectivity index (χ4v) is 3.24. The van der Waals surface area contributed by atoms with E-state index in [1.54, 1.807) is 14.2 Å². The number of aromatic nitrogens is 2. The Kier molecular flexibility index (Phi) is 4.41. The number of hydrogen-bond acceptors (Lipinski definition) is 6. The third kappa shape index (κ3) is 3.11. The number of nitrogens with zero attached hydrogens (tertiary/aromatic N) is 2. The molecule has 1 aliphatic carbocycles. The standard InChI is InChI=1S/C17H24N4O2/c1-10-6-4-5-7-12(10)19-17-20-13-9-15(23-3)14(22-2)8-11(13)16(18)21-17/h8-10,12H,4-7H2,1-3H3,(H3,18,19,20,21). The van der Waals surface area contributed by atoms with Crippen LogP contribution >= 0.6 is 0 Å². The van der Waals surface area contributed by atoms with Crippen molar-refractivity contribution in [3.8, 4) is 11.5 Å². The van der Waals surface area contributed by atoms with Crippen molar-refractivity contribution in [3.63, 3.8) is 0 Å². The molecule has 2 atom stereocenters. The van der Waals surface area contributed by atoms with Crippen molar-refractivity contribution in [1.29, 1.82) is 0 Å². The van der Waals surface area contributed by atoms with E-state index >= 15 is 0 Å². The maximum atomic E-state index is 6.12. The van der Waals surface area contributed by atoms with Crippen LogP contribution in [0.1, 0.15) is 32.6 Å². The number of nitrogens with two attached hydrogens (primary N) is 1. The van der Waals surface area contributed by atoms with Crippen LogP contribution in [0.2, 0.25) is 0 Å². The fraction of sp³-hybridized carbons (Fsp3) is 0.529. The largest absolute Gasteiger partial charge is 0.493 e. The van der Waals surface area contributed by atoms with E-state index in [0.29, 0.717) is 35.2 Å². The highest BCUT2D eigenvalue weighted by Gasteiger charge is 2.22. The minimum Gasteiger partial charge on any atom is -0.493 e. The summed E-state index contributed by atoms with van der Waals surface area (Å²) in [6.45, 7) is 2.27. The average Bonchev–Trinajstić information content (AvgIpc) is 2.56. The molecule has 124 valence electrons. The highest BCUT2D eigenvalue weighted by molar-refractivity contribution is 5.91. The van der Waals surface area contributed by atoms with E-state index in [0.717, 1.165) is 17.3 Å². The van der Waals surface area contributed by atoms with Crippen LogP contribution in [-0.4, -0.2) is 30.2 Å². The summed E-state index contributed by atoms with van der Waals surface area (Å²) in [5.74, 6) is 2.91. The molecule has 2 aromatic rings. The lowest BCUT2D eigenvalue weighted by atomic mass is 9.86. The van der Waals surface area contributed by atoms with Crippen molar-refractivity contribution < 1.29 is 9.47 Å². The highest BCUT2D eigenvalue weighted by Crippen LogP contribution is 2.34. The van der Waals surface area contributed by atoms with E-state index in [1.807, 2.05) is 12.1 Å². The third-order valence-corrected chi connectivity index (χ3v) is 4.66. The lowest BCUT2D eigenvalue weighted by Gasteiger charge is -2.29. The van der Waals surface area contributed by atoms with Gasteiger partial charge in [-0.1, -0.05) is 19.8 Å². The quantitative estimate of drug-likeness (QED) is 0.901. The van der Waals surface area contributed by atoms with Gasteiger partial charge in [0.05, 0.1) is 19.7 Å². The number of anilines is 2. The number of rotatable bonds is 4. The predicted molar refractivity (Wildman–Crippen MR) is 92.1 cm³/mol. The average molecular weight is 316 g/mol. The van der Waals surface area contributed by atoms with E-state index < -0.39 is 0 Å². The van der Waals surface area contributed by atoms with Crippen LogP contribution in [0.5, 0.6) is 11.5 Å². The first-order valence-corrected chi connectivity index (χ1v) is 8.08. The SMILES string of the molecule is COc1cc2nc(NC3CCCCC3C)nc(N)c2cc1OC. The first-order chi connectivity index (χ1) is 11.1. The molecule has 1 fully saturated rings. The van der Waals surface area contributed by atoms with E-state index in [-0.39, 0.29) is 0 Å². The van der Waals surface area contributed by atoms with Crippen LogP contribution in [-0.2, 0) is 0 Å². The summed E-state index contributed by atoms with van der Waals surface area (Å²) in [7, 11) is 3.21. The molecule has 3 N–H and O–H groups in total. The molecule has 6 nitrogen and oxygen atoms in total. The number of benzene rings is 1.